The summed E-state index contributed by atoms with van der Waals surface area (Å²) in [5.74, 6) is 1.81. The topological polar surface area (TPSA) is 81.1 Å². The molecule has 0 atom stereocenters. The Morgan fingerprint density at radius 2 is 1.86 bits per heavy atom. The van der Waals surface area contributed by atoms with Crippen LogP contribution in [0.1, 0.15) is 10.4 Å². The maximum Gasteiger partial charge on any atom is 0.251 e. The molecule has 0 saturated carbocycles. The summed E-state index contributed by atoms with van der Waals surface area (Å²) in [5.41, 5.74) is 2.42. The highest BCUT2D eigenvalue weighted by Gasteiger charge is 2.10. The Labute approximate surface area is 168 Å². The van der Waals surface area contributed by atoms with E-state index in [-0.39, 0.29) is 5.91 Å². The Balaban J connectivity index is 1.37. The largest absolute Gasteiger partial charge is 0.492 e. The molecule has 0 aliphatic rings. The van der Waals surface area contributed by atoms with Crippen LogP contribution in [0.2, 0.25) is 0 Å². The van der Waals surface area contributed by atoms with Gasteiger partial charge in [0.05, 0.1) is 17.6 Å². The van der Waals surface area contributed by atoms with E-state index in [1.165, 1.54) is 0 Å². The fourth-order valence-corrected chi connectivity index (χ4v) is 2.96. The van der Waals surface area contributed by atoms with Gasteiger partial charge in [-0.05, 0) is 36.4 Å². The van der Waals surface area contributed by atoms with Crippen LogP contribution in [0.25, 0.3) is 11.0 Å². The highest BCUT2D eigenvalue weighted by molar-refractivity contribution is 5.94. The Morgan fingerprint density at radius 3 is 2.69 bits per heavy atom. The number of benzene rings is 2. The van der Waals surface area contributed by atoms with Crippen molar-refractivity contribution >= 4 is 28.7 Å². The molecule has 7 heteroatoms. The summed E-state index contributed by atoms with van der Waals surface area (Å²) in [6, 6.07) is 20.7. The van der Waals surface area contributed by atoms with E-state index in [0.29, 0.717) is 30.5 Å². The second-order valence-electron chi connectivity index (χ2n) is 6.46. The van der Waals surface area contributed by atoms with Gasteiger partial charge in [0, 0.05) is 18.8 Å². The SMILES string of the molecule is Cn1c(Nc2cc(C(=O)NCCOc3ccccc3)ccn2)nc2ccccc21. The number of ether oxygens (including phenoxy) is 1. The van der Waals surface area contributed by atoms with Gasteiger partial charge >= 0.3 is 0 Å². The molecule has 29 heavy (non-hydrogen) atoms. The van der Waals surface area contributed by atoms with Crippen molar-refractivity contribution in [2.24, 2.45) is 7.05 Å². The first-order chi connectivity index (χ1) is 14.2. The molecule has 0 bridgehead atoms. The third-order valence-corrected chi connectivity index (χ3v) is 4.45. The van der Waals surface area contributed by atoms with E-state index in [1.54, 1.807) is 18.3 Å². The van der Waals surface area contributed by atoms with Gasteiger partial charge in [-0.15, -0.1) is 0 Å². The van der Waals surface area contributed by atoms with Crippen molar-refractivity contribution < 1.29 is 9.53 Å². The Kier molecular flexibility index (Phi) is 5.38. The molecular weight excluding hydrogens is 366 g/mol. The average molecular weight is 387 g/mol. The molecule has 0 unspecified atom stereocenters. The normalized spacial score (nSPS) is 10.7. The Morgan fingerprint density at radius 1 is 1.07 bits per heavy atom. The van der Waals surface area contributed by atoms with Crippen LogP contribution in [0, 0.1) is 0 Å². The predicted molar refractivity (Wildman–Crippen MR) is 113 cm³/mol. The van der Waals surface area contributed by atoms with Gasteiger partial charge in [0.15, 0.2) is 0 Å². The van der Waals surface area contributed by atoms with E-state index in [0.717, 1.165) is 16.8 Å². The van der Waals surface area contributed by atoms with E-state index in [4.69, 9.17) is 4.74 Å². The minimum atomic E-state index is -0.183. The number of hydrogen-bond donors (Lipinski definition) is 2. The minimum Gasteiger partial charge on any atom is -0.492 e. The van der Waals surface area contributed by atoms with Crippen LogP contribution in [0.5, 0.6) is 5.75 Å². The molecule has 0 aliphatic heterocycles. The second-order valence-corrected chi connectivity index (χ2v) is 6.46. The number of nitrogens with one attached hydrogen (secondary N) is 2. The molecular formula is C22H21N5O2. The average Bonchev–Trinajstić information content (AvgIpc) is 3.07. The summed E-state index contributed by atoms with van der Waals surface area (Å²) in [4.78, 5) is 21.3. The third-order valence-electron chi connectivity index (χ3n) is 4.45. The van der Waals surface area contributed by atoms with Gasteiger partial charge < -0.3 is 19.9 Å². The number of para-hydroxylation sites is 3. The van der Waals surface area contributed by atoms with Crippen molar-refractivity contribution in [2.75, 3.05) is 18.5 Å². The maximum absolute atomic E-state index is 12.4. The molecule has 0 radical (unpaired) electrons. The lowest BCUT2D eigenvalue weighted by molar-refractivity contribution is 0.0947. The molecule has 2 aromatic heterocycles. The summed E-state index contributed by atoms with van der Waals surface area (Å²) in [6.45, 7) is 0.801. The van der Waals surface area contributed by atoms with Gasteiger partial charge in [-0.25, -0.2) is 9.97 Å². The molecule has 0 fully saturated rings. The van der Waals surface area contributed by atoms with Crippen molar-refractivity contribution in [3.8, 4) is 5.75 Å². The molecule has 1 amide bonds. The van der Waals surface area contributed by atoms with Crippen molar-refractivity contribution in [2.45, 2.75) is 0 Å². The lowest BCUT2D eigenvalue weighted by atomic mass is 10.2. The summed E-state index contributed by atoms with van der Waals surface area (Å²) in [6.07, 6.45) is 1.60. The number of nitrogens with zero attached hydrogens (tertiary/aromatic N) is 3. The molecule has 0 spiro atoms. The molecule has 2 heterocycles. The number of anilines is 2. The number of carbonyl (C=O) groups excluding carboxylic acids is 1. The van der Waals surface area contributed by atoms with Gasteiger partial charge in [0.2, 0.25) is 5.95 Å². The van der Waals surface area contributed by atoms with E-state index < -0.39 is 0 Å². The monoisotopic (exact) mass is 387 g/mol. The highest BCUT2D eigenvalue weighted by atomic mass is 16.5. The van der Waals surface area contributed by atoms with Crippen molar-refractivity contribution in [1.29, 1.82) is 0 Å². The molecule has 2 aromatic carbocycles. The van der Waals surface area contributed by atoms with E-state index in [1.807, 2.05) is 66.2 Å². The zero-order valence-corrected chi connectivity index (χ0v) is 16.0. The van der Waals surface area contributed by atoms with Crippen LogP contribution < -0.4 is 15.4 Å². The lowest BCUT2D eigenvalue weighted by Crippen LogP contribution is -2.28. The van der Waals surface area contributed by atoms with E-state index in [9.17, 15) is 4.79 Å². The van der Waals surface area contributed by atoms with E-state index in [2.05, 4.69) is 20.6 Å². The summed E-state index contributed by atoms with van der Waals surface area (Å²) in [5, 5.41) is 6.03. The number of fused-ring (bicyclic) bond motifs is 1. The first-order valence-electron chi connectivity index (χ1n) is 9.31. The number of imidazole rings is 1. The van der Waals surface area contributed by atoms with Gasteiger partial charge in [0.25, 0.3) is 5.91 Å². The van der Waals surface area contributed by atoms with Crippen LogP contribution in [-0.4, -0.2) is 33.6 Å². The van der Waals surface area contributed by atoms with Crippen molar-refractivity contribution in [3.05, 3.63) is 78.5 Å². The zero-order chi connectivity index (χ0) is 20.1. The third kappa shape index (κ3) is 4.35. The summed E-state index contributed by atoms with van der Waals surface area (Å²) >= 11 is 0. The van der Waals surface area contributed by atoms with Gasteiger partial charge in [-0.2, -0.15) is 0 Å². The fraction of sp³-hybridized carbons (Fsp3) is 0.136. The molecule has 4 aromatic rings. The summed E-state index contributed by atoms with van der Waals surface area (Å²) < 4.78 is 7.54. The van der Waals surface area contributed by atoms with Crippen LogP contribution >= 0.6 is 0 Å². The fourth-order valence-electron chi connectivity index (χ4n) is 2.96. The quantitative estimate of drug-likeness (QED) is 0.474. The smallest absolute Gasteiger partial charge is 0.251 e. The number of rotatable bonds is 7. The predicted octanol–water partition coefficient (Wildman–Crippen LogP) is 3.52. The first kappa shape index (κ1) is 18.5. The molecule has 0 saturated heterocycles. The van der Waals surface area contributed by atoms with Crippen LogP contribution in [0.15, 0.2) is 72.9 Å². The molecule has 0 aliphatic carbocycles. The Bertz CT molecular complexity index is 1120. The number of carbonyl (C=O) groups is 1. The number of hydrogen-bond acceptors (Lipinski definition) is 5. The molecule has 146 valence electrons. The zero-order valence-electron chi connectivity index (χ0n) is 16.0. The maximum atomic E-state index is 12.4. The second kappa shape index (κ2) is 8.43. The van der Waals surface area contributed by atoms with E-state index >= 15 is 0 Å². The van der Waals surface area contributed by atoms with Crippen LogP contribution in [-0.2, 0) is 7.05 Å². The number of aryl methyl sites for hydroxylation is 1. The van der Waals surface area contributed by atoms with Gasteiger partial charge in [-0.3, -0.25) is 4.79 Å². The number of aromatic nitrogens is 3. The van der Waals surface area contributed by atoms with Crippen molar-refractivity contribution in [3.63, 3.8) is 0 Å². The lowest BCUT2D eigenvalue weighted by Gasteiger charge is -2.09. The molecule has 2 N–H and O–H groups in total. The minimum absolute atomic E-state index is 0.183. The summed E-state index contributed by atoms with van der Waals surface area (Å²) in [7, 11) is 1.93. The first-order valence-corrected chi connectivity index (χ1v) is 9.31. The Hall–Kier alpha value is -3.87. The van der Waals surface area contributed by atoms with Crippen LogP contribution in [0.4, 0.5) is 11.8 Å². The number of pyridine rings is 1. The standard InChI is InChI=1S/C22H21N5O2/c1-27-19-10-6-5-9-18(19)25-22(27)26-20-15-16(11-12-23-20)21(28)24-13-14-29-17-7-3-2-4-8-17/h2-12,15H,13-14H2,1H3,(H,24,28)(H,23,25,26). The molecule has 4 rings (SSSR count). The van der Waals surface area contributed by atoms with Crippen LogP contribution in [0.3, 0.4) is 0 Å². The highest BCUT2D eigenvalue weighted by Crippen LogP contribution is 2.20. The van der Waals surface area contributed by atoms with Gasteiger partial charge in [0.1, 0.15) is 18.2 Å². The van der Waals surface area contributed by atoms with Crippen molar-refractivity contribution in [1.82, 2.24) is 19.9 Å². The molecule has 7 nitrogen and oxygen atoms in total. The number of amides is 1. The van der Waals surface area contributed by atoms with Gasteiger partial charge in [-0.1, -0.05) is 30.3 Å².